The molecule has 2 amide bonds. The van der Waals surface area contributed by atoms with Crippen molar-refractivity contribution in [1.29, 1.82) is 0 Å². The number of methoxy groups -OCH3 is 1. The van der Waals surface area contributed by atoms with Crippen molar-refractivity contribution in [3.8, 4) is 0 Å². The Balaban J connectivity index is 1.90. The Morgan fingerprint density at radius 1 is 0.960 bits per heavy atom. The summed E-state index contributed by atoms with van der Waals surface area (Å²) >= 11 is 0. The minimum absolute atomic E-state index is 0.266. The molecule has 0 saturated heterocycles. The molecule has 0 aliphatic carbocycles. The van der Waals surface area contributed by atoms with Gasteiger partial charge in [-0.1, -0.05) is 24.3 Å². The summed E-state index contributed by atoms with van der Waals surface area (Å²) in [6.07, 6.45) is 0.398. The summed E-state index contributed by atoms with van der Waals surface area (Å²) in [5, 5.41) is 5.44. The smallest absolute Gasteiger partial charge is 0.251 e. The number of amides is 2. The number of carbonyl (C=O) groups excluding carboxylic acids is 2. The molecule has 25 heavy (non-hydrogen) atoms. The van der Waals surface area contributed by atoms with Gasteiger partial charge in [0.2, 0.25) is 0 Å². The molecule has 0 aliphatic rings. The van der Waals surface area contributed by atoms with Gasteiger partial charge in [0.25, 0.3) is 11.8 Å². The molecule has 132 valence electrons. The van der Waals surface area contributed by atoms with Gasteiger partial charge in [0.1, 0.15) is 5.82 Å². The Morgan fingerprint density at radius 2 is 1.60 bits per heavy atom. The van der Waals surface area contributed by atoms with Gasteiger partial charge in [-0.05, 0) is 36.2 Å². The summed E-state index contributed by atoms with van der Waals surface area (Å²) in [4.78, 5) is 24.2. The third-order valence-corrected chi connectivity index (χ3v) is 3.62. The molecule has 6 heteroatoms. The lowest BCUT2D eigenvalue weighted by Crippen LogP contribution is -2.28. The number of halogens is 1. The topological polar surface area (TPSA) is 67.4 Å². The van der Waals surface area contributed by atoms with Gasteiger partial charge in [-0.2, -0.15) is 0 Å². The average molecular weight is 344 g/mol. The van der Waals surface area contributed by atoms with E-state index in [-0.39, 0.29) is 17.6 Å². The fourth-order valence-electron chi connectivity index (χ4n) is 2.28. The Hall–Kier alpha value is -2.73. The molecule has 0 spiro atoms. The van der Waals surface area contributed by atoms with Crippen LogP contribution in [0.2, 0.25) is 0 Å². The fraction of sp³-hybridized carbons (Fsp3) is 0.263. The molecule has 0 radical (unpaired) electrons. The molecule has 2 aromatic rings. The molecule has 2 N–H and O–H groups in total. The van der Waals surface area contributed by atoms with Crippen molar-refractivity contribution >= 4 is 11.8 Å². The van der Waals surface area contributed by atoms with Crippen LogP contribution >= 0.6 is 0 Å². The normalized spacial score (nSPS) is 10.3. The van der Waals surface area contributed by atoms with E-state index in [4.69, 9.17) is 4.74 Å². The highest BCUT2D eigenvalue weighted by atomic mass is 19.1. The SMILES string of the molecule is COCCNC(=O)c1cccc(C(=O)NCCc2ccccc2F)c1. The van der Waals surface area contributed by atoms with E-state index in [1.54, 1.807) is 43.5 Å². The second-order valence-corrected chi connectivity index (χ2v) is 5.43. The molecule has 0 unspecified atom stereocenters. The number of nitrogens with one attached hydrogen (secondary N) is 2. The van der Waals surface area contributed by atoms with Gasteiger partial charge >= 0.3 is 0 Å². The number of hydrogen-bond donors (Lipinski definition) is 2. The maximum Gasteiger partial charge on any atom is 0.251 e. The van der Waals surface area contributed by atoms with Crippen LogP contribution in [-0.4, -0.2) is 38.6 Å². The fourth-order valence-corrected chi connectivity index (χ4v) is 2.28. The first-order valence-corrected chi connectivity index (χ1v) is 8.00. The van der Waals surface area contributed by atoms with Crippen molar-refractivity contribution in [1.82, 2.24) is 10.6 Å². The van der Waals surface area contributed by atoms with Crippen LogP contribution in [0.3, 0.4) is 0 Å². The summed E-state index contributed by atoms with van der Waals surface area (Å²) in [7, 11) is 1.55. The minimum atomic E-state index is -0.303. The van der Waals surface area contributed by atoms with Crippen LogP contribution in [0.25, 0.3) is 0 Å². The molecule has 0 aromatic heterocycles. The summed E-state index contributed by atoms with van der Waals surface area (Å²) < 4.78 is 18.4. The lowest BCUT2D eigenvalue weighted by Gasteiger charge is -2.08. The number of ether oxygens (including phenoxy) is 1. The van der Waals surface area contributed by atoms with Crippen LogP contribution in [0.1, 0.15) is 26.3 Å². The van der Waals surface area contributed by atoms with E-state index in [1.165, 1.54) is 12.1 Å². The van der Waals surface area contributed by atoms with Crippen molar-refractivity contribution in [2.75, 3.05) is 26.8 Å². The quantitative estimate of drug-likeness (QED) is 0.721. The van der Waals surface area contributed by atoms with Crippen LogP contribution in [-0.2, 0) is 11.2 Å². The van der Waals surface area contributed by atoms with Gasteiger partial charge in [0.05, 0.1) is 6.61 Å². The van der Waals surface area contributed by atoms with Gasteiger partial charge in [-0.3, -0.25) is 9.59 Å². The molecule has 0 fully saturated rings. The van der Waals surface area contributed by atoms with E-state index >= 15 is 0 Å². The molecular formula is C19H21FN2O3. The third-order valence-electron chi connectivity index (χ3n) is 3.62. The molecule has 0 heterocycles. The van der Waals surface area contributed by atoms with Gasteiger partial charge in [-0.25, -0.2) is 4.39 Å². The predicted octanol–water partition coefficient (Wildman–Crippen LogP) is 2.17. The zero-order valence-corrected chi connectivity index (χ0v) is 14.0. The molecule has 0 bridgehead atoms. The minimum Gasteiger partial charge on any atom is -0.383 e. The molecular weight excluding hydrogens is 323 g/mol. The standard InChI is InChI=1S/C19H21FN2O3/c1-25-12-11-22-19(24)16-7-4-6-15(13-16)18(23)21-10-9-14-5-2-3-8-17(14)20/h2-8,13H,9-12H2,1H3,(H,21,23)(H,22,24). The first-order chi connectivity index (χ1) is 12.1. The summed E-state index contributed by atoms with van der Waals surface area (Å²) in [5.41, 5.74) is 1.33. The van der Waals surface area contributed by atoms with Crippen LogP contribution < -0.4 is 10.6 Å². The maximum absolute atomic E-state index is 13.5. The molecule has 0 saturated carbocycles. The van der Waals surface area contributed by atoms with Gasteiger partial charge in [-0.15, -0.1) is 0 Å². The lowest BCUT2D eigenvalue weighted by atomic mass is 10.1. The van der Waals surface area contributed by atoms with Crippen molar-refractivity contribution in [2.24, 2.45) is 0 Å². The lowest BCUT2D eigenvalue weighted by molar-refractivity contribution is 0.0937. The van der Waals surface area contributed by atoms with E-state index < -0.39 is 0 Å². The third kappa shape index (κ3) is 5.69. The number of carbonyl (C=O) groups is 2. The van der Waals surface area contributed by atoms with Crippen molar-refractivity contribution in [3.05, 3.63) is 71.0 Å². The van der Waals surface area contributed by atoms with E-state index in [9.17, 15) is 14.0 Å². The van der Waals surface area contributed by atoms with Crippen LogP contribution in [0.15, 0.2) is 48.5 Å². The highest BCUT2D eigenvalue weighted by molar-refractivity contribution is 5.99. The van der Waals surface area contributed by atoms with E-state index in [0.29, 0.717) is 42.8 Å². The Labute approximate surface area is 146 Å². The van der Waals surface area contributed by atoms with Crippen LogP contribution in [0.5, 0.6) is 0 Å². The van der Waals surface area contributed by atoms with Crippen molar-refractivity contribution in [3.63, 3.8) is 0 Å². The van der Waals surface area contributed by atoms with Crippen LogP contribution in [0.4, 0.5) is 4.39 Å². The van der Waals surface area contributed by atoms with Gasteiger partial charge < -0.3 is 15.4 Å². The predicted molar refractivity (Wildman–Crippen MR) is 93.1 cm³/mol. The highest BCUT2D eigenvalue weighted by Crippen LogP contribution is 2.08. The second-order valence-electron chi connectivity index (χ2n) is 5.43. The number of benzene rings is 2. The summed E-state index contributed by atoms with van der Waals surface area (Å²) in [6, 6.07) is 12.9. The Kier molecular flexibility index (Phi) is 7.10. The molecule has 0 aliphatic heterocycles. The molecule has 5 nitrogen and oxygen atoms in total. The first kappa shape index (κ1) is 18.6. The van der Waals surface area contributed by atoms with E-state index in [1.807, 2.05) is 0 Å². The Morgan fingerprint density at radius 3 is 2.24 bits per heavy atom. The highest BCUT2D eigenvalue weighted by Gasteiger charge is 2.10. The van der Waals surface area contributed by atoms with Gasteiger partial charge in [0, 0.05) is 31.3 Å². The Bertz CT molecular complexity index is 734. The van der Waals surface area contributed by atoms with Crippen LogP contribution in [0, 0.1) is 5.82 Å². The largest absolute Gasteiger partial charge is 0.383 e. The first-order valence-electron chi connectivity index (χ1n) is 8.00. The van der Waals surface area contributed by atoms with Crippen molar-refractivity contribution < 1.29 is 18.7 Å². The summed E-state index contributed by atoms with van der Waals surface area (Å²) in [5.74, 6) is -0.854. The molecule has 2 aromatic carbocycles. The maximum atomic E-state index is 13.5. The van der Waals surface area contributed by atoms with Gasteiger partial charge in [0.15, 0.2) is 0 Å². The summed E-state index contributed by atoms with van der Waals surface area (Å²) in [6.45, 7) is 1.13. The van der Waals surface area contributed by atoms with Crippen molar-refractivity contribution in [2.45, 2.75) is 6.42 Å². The van der Waals surface area contributed by atoms with E-state index in [0.717, 1.165) is 0 Å². The monoisotopic (exact) mass is 344 g/mol. The second kappa shape index (κ2) is 9.54. The average Bonchev–Trinajstić information content (AvgIpc) is 2.63. The number of rotatable bonds is 8. The molecule has 0 atom stereocenters. The number of hydrogen-bond acceptors (Lipinski definition) is 3. The zero-order valence-electron chi connectivity index (χ0n) is 14.0. The van der Waals surface area contributed by atoms with E-state index in [2.05, 4.69) is 10.6 Å². The molecule has 2 rings (SSSR count). The zero-order chi connectivity index (χ0) is 18.1.